The number of rotatable bonds is 4. The van der Waals surface area contributed by atoms with Crippen molar-refractivity contribution in [1.29, 1.82) is 0 Å². The van der Waals surface area contributed by atoms with Gasteiger partial charge < -0.3 is 5.11 Å². The second kappa shape index (κ2) is 4.80. The summed E-state index contributed by atoms with van der Waals surface area (Å²) in [6.07, 6.45) is -1.09. The lowest BCUT2D eigenvalue weighted by Gasteiger charge is -2.07. The molecule has 0 spiro atoms. The molecule has 0 radical (unpaired) electrons. The molecule has 4 nitrogen and oxygen atoms in total. The Morgan fingerprint density at radius 2 is 2.12 bits per heavy atom. The van der Waals surface area contributed by atoms with Crippen LogP contribution in [0.15, 0.2) is 29.2 Å². The van der Waals surface area contributed by atoms with Gasteiger partial charge in [-0.05, 0) is 18.2 Å². The van der Waals surface area contributed by atoms with Crippen LogP contribution in [0.25, 0.3) is 0 Å². The van der Waals surface area contributed by atoms with Crippen LogP contribution in [0.5, 0.6) is 0 Å². The Balaban J connectivity index is 3.07. The quantitative estimate of drug-likeness (QED) is 0.903. The van der Waals surface area contributed by atoms with Crippen molar-refractivity contribution in [3.05, 3.63) is 29.3 Å². The van der Waals surface area contributed by atoms with Crippen LogP contribution in [0.4, 0.5) is 4.39 Å². The molecule has 1 rings (SSSR count). The molecule has 0 aliphatic heterocycles. The number of carbonyl (C=O) groups is 1. The summed E-state index contributed by atoms with van der Waals surface area (Å²) in [5.74, 6) is -1.52. The minimum absolute atomic E-state index is 0.142. The molecule has 0 aliphatic rings. The summed E-state index contributed by atoms with van der Waals surface area (Å²) < 4.78 is 36.3. The van der Waals surface area contributed by atoms with Crippen molar-refractivity contribution >= 4 is 27.4 Å². The first-order chi connectivity index (χ1) is 7.34. The Morgan fingerprint density at radius 3 is 2.62 bits per heavy atom. The van der Waals surface area contributed by atoms with Crippen molar-refractivity contribution in [3.8, 4) is 0 Å². The van der Waals surface area contributed by atoms with Gasteiger partial charge in [0.15, 0.2) is 0 Å². The maximum absolute atomic E-state index is 13.2. The molecule has 0 amide bonds. The molecule has 1 atom stereocenters. The fourth-order valence-electron chi connectivity index (χ4n) is 1.04. The van der Waals surface area contributed by atoms with Crippen LogP contribution in [0.3, 0.4) is 0 Å². The lowest BCUT2D eigenvalue weighted by atomic mass is 10.4. The van der Waals surface area contributed by atoms with Crippen LogP contribution >= 0.6 is 11.6 Å². The van der Waals surface area contributed by atoms with E-state index in [0.29, 0.717) is 0 Å². The molecule has 7 heteroatoms. The van der Waals surface area contributed by atoms with Gasteiger partial charge in [-0.2, -0.15) is 0 Å². The van der Waals surface area contributed by atoms with Crippen molar-refractivity contribution in [1.82, 2.24) is 0 Å². The van der Waals surface area contributed by atoms with Gasteiger partial charge in [0.25, 0.3) is 0 Å². The van der Waals surface area contributed by atoms with Gasteiger partial charge in [0, 0.05) is 5.02 Å². The third-order valence-electron chi connectivity index (χ3n) is 1.80. The molecule has 1 aromatic carbocycles. The summed E-state index contributed by atoms with van der Waals surface area (Å²) in [4.78, 5) is 9.90. The highest BCUT2D eigenvalue weighted by Crippen LogP contribution is 2.22. The summed E-state index contributed by atoms with van der Waals surface area (Å²) in [5.41, 5.74) is -2.47. The SMILES string of the molecule is O=C(O)CC(F)S(=O)(=O)c1cccc(Cl)c1. The molecular weight excluding hydrogens is 259 g/mol. The Bertz CT molecular complexity index is 500. The third kappa shape index (κ3) is 2.93. The molecule has 1 N–H and O–H groups in total. The highest BCUT2D eigenvalue weighted by molar-refractivity contribution is 7.92. The van der Waals surface area contributed by atoms with Crippen molar-refractivity contribution in [2.45, 2.75) is 16.8 Å². The number of hydrogen-bond acceptors (Lipinski definition) is 3. The molecule has 0 fully saturated rings. The van der Waals surface area contributed by atoms with E-state index in [1.165, 1.54) is 12.1 Å². The number of halogens is 2. The Labute approximate surface area is 96.6 Å². The first-order valence-electron chi connectivity index (χ1n) is 4.19. The van der Waals surface area contributed by atoms with Crippen molar-refractivity contribution in [2.75, 3.05) is 0 Å². The molecule has 1 aromatic rings. The fraction of sp³-hybridized carbons (Fsp3) is 0.222. The van der Waals surface area contributed by atoms with Gasteiger partial charge in [-0.3, -0.25) is 4.79 Å². The van der Waals surface area contributed by atoms with Crippen LogP contribution in [0.2, 0.25) is 5.02 Å². The summed E-state index contributed by atoms with van der Waals surface area (Å²) in [5, 5.41) is 8.46. The van der Waals surface area contributed by atoms with E-state index >= 15 is 0 Å². The minimum atomic E-state index is -4.29. The Kier molecular flexibility index (Phi) is 3.88. The number of carboxylic acid groups (broad SMARTS) is 1. The smallest absolute Gasteiger partial charge is 0.307 e. The average molecular weight is 267 g/mol. The van der Waals surface area contributed by atoms with Crippen LogP contribution in [-0.2, 0) is 14.6 Å². The summed E-state index contributed by atoms with van der Waals surface area (Å²) in [6.45, 7) is 0. The maximum Gasteiger partial charge on any atom is 0.307 e. The molecular formula is C9H8ClFO4S. The van der Waals surface area contributed by atoms with E-state index in [4.69, 9.17) is 16.7 Å². The normalized spacial score (nSPS) is 13.4. The molecule has 0 saturated heterocycles. The number of aliphatic carboxylic acids is 1. The van der Waals surface area contributed by atoms with Crippen LogP contribution in [-0.4, -0.2) is 25.0 Å². The lowest BCUT2D eigenvalue weighted by Crippen LogP contribution is -2.20. The first-order valence-corrected chi connectivity index (χ1v) is 6.12. The van der Waals surface area contributed by atoms with Gasteiger partial charge in [0.1, 0.15) is 0 Å². The fourth-order valence-corrected chi connectivity index (χ4v) is 2.51. The molecule has 0 aromatic heterocycles. The van der Waals surface area contributed by atoms with E-state index < -0.39 is 27.7 Å². The zero-order valence-electron chi connectivity index (χ0n) is 7.93. The molecule has 0 bridgehead atoms. The second-order valence-electron chi connectivity index (χ2n) is 3.01. The predicted octanol–water partition coefficient (Wildman–Crippen LogP) is 1.88. The first kappa shape index (κ1) is 12.9. The van der Waals surface area contributed by atoms with E-state index in [1.54, 1.807) is 0 Å². The Morgan fingerprint density at radius 1 is 1.50 bits per heavy atom. The predicted molar refractivity (Wildman–Crippen MR) is 55.8 cm³/mol. The van der Waals surface area contributed by atoms with Gasteiger partial charge in [0.2, 0.25) is 15.3 Å². The minimum Gasteiger partial charge on any atom is -0.481 e. The van der Waals surface area contributed by atoms with Crippen molar-refractivity contribution in [3.63, 3.8) is 0 Å². The summed E-state index contributed by atoms with van der Waals surface area (Å²) in [6, 6.07) is 5.02. The van der Waals surface area contributed by atoms with E-state index in [1.807, 2.05) is 0 Å². The maximum atomic E-state index is 13.2. The largest absolute Gasteiger partial charge is 0.481 e. The van der Waals surface area contributed by atoms with Gasteiger partial charge >= 0.3 is 5.97 Å². The zero-order chi connectivity index (χ0) is 12.3. The van der Waals surface area contributed by atoms with Crippen LogP contribution < -0.4 is 0 Å². The topological polar surface area (TPSA) is 71.4 Å². The monoisotopic (exact) mass is 266 g/mol. The van der Waals surface area contributed by atoms with Crippen molar-refractivity contribution < 1.29 is 22.7 Å². The van der Waals surface area contributed by atoms with Gasteiger partial charge in [0.05, 0.1) is 11.3 Å². The average Bonchev–Trinajstić information content (AvgIpc) is 2.16. The van der Waals surface area contributed by atoms with Crippen molar-refractivity contribution in [2.24, 2.45) is 0 Å². The van der Waals surface area contributed by atoms with Gasteiger partial charge in [-0.15, -0.1) is 0 Å². The highest BCUT2D eigenvalue weighted by atomic mass is 35.5. The molecule has 88 valence electrons. The molecule has 0 aliphatic carbocycles. The van der Waals surface area contributed by atoms with E-state index in [0.717, 1.165) is 12.1 Å². The summed E-state index contributed by atoms with van der Waals surface area (Å²) >= 11 is 5.56. The summed E-state index contributed by atoms with van der Waals surface area (Å²) in [7, 11) is -4.29. The van der Waals surface area contributed by atoms with E-state index in [9.17, 15) is 17.6 Å². The molecule has 0 saturated carbocycles. The van der Waals surface area contributed by atoms with Crippen LogP contribution in [0.1, 0.15) is 6.42 Å². The number of hydrogen-bond donors (Lipinski definition) is 1. The highest BCUT2D eigenvalue weighted by Gasteiger charge is 2.29. The zero-order valence-corrected chi connectivity index (χ0v) is 9.50. The number of carboxylic acids is 1. The van der Waals surface area contributed by atoms with Gasteiger partial charge in [-0.25, -0.2) is 12.8 Å². The standard InChI is InChI=1S/C9H8ClFO4S/c10-6-2-1-3-7(4-6)16(14,15)8(11)5-9(12)13/h1-4,8H,5H2,(H,12,13). The molecule has 16 heavy (non-hydrogen) atoms. The van der Waals surface area contributed by atoms with Gasteiger partial charge in [-0.1, -0.05) is 17.7 Å². The number of sulfone groups is 1. The van der Waals surface area contributed by atoms with Crippen LogP contribution in [0, 0.1) is 0 Å². The number of alkyl halides is 1. The lowest BCUT2D eigenvalue weighted by molar-refractivity contribution is -0.137. The van der Waals surface area contributed by atoms with E-state index in [2.05, 4.69) is 0 Å². The second-order valence-corrected chi connectivity index (χ2v) is 5.52. The number of benzene rings is 1. The van der Waals surface area contributed by atoms with E-state index in [-0.39, 0.29) is 9.92 Å². The third-order valence-corrected chi connectivity index (χ3v) is 3.78. The molecule has 1 unspecified atom stereocenters. The molecule has 0 heterocycles. The Hall–Kier alpha value is -1.14.